The summed E-state index contributed by atoms with van der Waals surface area (Å²) in [4.78, 5) is 16.6. The molecule has 1 unspecified atom stereocenters. The molecule has 0 saturated carbocycles. The molecule has 0 aliphatic rings. The zero-order chi connectivity index (χ0) is 15.4. The monoisotopic (exact) mass is 291 g/mol. The van der Waals surface area contributed by atoms with Crippen molar-refractivity contribution in [3.8, 4) is 0 Å². The summed E-state index contributed by atoms with van der Waals surface area (Å²) in [6.07, 6.45) is 1.72. The highest BCUT2D eigenvalue weighted by atomic mass is 16.5. The molecule has 0 bridgehead atoms. The first-order valence-corrected chi connectivity index (χ1v) is 7.15. The predicted octanol–water partition coefficient (Wildman–Crippen LogP) is 1.98. The number of hydrogen-bond acceptors (Lipinski definition) is 5. The zero-order valence-electron chi connectivity index (χ0n) is 12.6. The Labute approximate surface area is 123 Å². The first kappa shape index (κ1) is 15.4. The Kier molecular flexibility index (Phi) is 4.90. The number of aliphatic hydroxyl groups is 1. The summed E-state index contributed by atoms with van der Waals surface area (Å²) >= 11 is 0. The van der Waals surface area contributed by atoms with Crippen LogP contribution in [0.3, 0.4) is 0 Å². The number of fused-ring (bicyclic) bond motifs is 1. The van der Waals surface area contributed by atoms with Crippen LogP contribution in [0.1, 0.15) is 41.5 Å². The second kappa shape index (κ2) is 6.67. The Balaban J connectivity index is 2.07. The number of rotatable bonds is 6. The molecule has 21 heavy (non-hydrogen) atoms. The number of aryl methyl sites for hydroxylation is 2. The lowest BCUT2D eigenvalue weighted by Gasteiger charge is -2.09. The van der Waals surface area contributed by atoms with Gasteiger partial charge in [-0.25, -0.2) is 4.98 Å². The molecule has 1 atom stereocenters. The largest absolute Gasteiger partial charge is 0.396 e. The maximum absolute atomic E-state index is 12.3. The van der Waals surface area contributed by atoms with E-state index in [1.807, 2.05) is 13.8 Å². The molecule has 6 heteroatoms. The molecule has 0 aromatic carbocycles. The second-order valence-electron chi connectivity index (χ2n) is 5.45. The number of aliphatic hydroxyl groups excluding tert-OH is 1. The Bertz CT molecular complexity index is 636. The van der Waals surface area contributed by atoms with E-state index in [1.165, 1.54) is 0 Å². The molecular formula is C15H21N3O3. The highest BCUT2D eigenvalue weighted by Crippen LogP contribution is 2.21. The van der Waals surface area contributed by atoms with Crippen LogP contribution in [0.4, 0.5) is 0 Å². The number of nitrogens with zero attached hydrogens (tertiary/aromatic N) is 2. The predicted molar refractivity (Wildman–Crippen MR) is 79.1 cm³/mol. The quantitative estimate of drug-likeness (QED) is 0.794. The lowest BCUT2D eigenvalue weighted by atomic mass is 10.1. The molecule has 0 aliphatic heterocycles. The lowest BCUT2D eigenvalue weighted by molar-refractivity contribution is 0.0953. The summed E-state index contributed by atoms with van der Waals surface area (Å²) in [6, 6.07) is 1.75. The van der Waals surface area contributed by atoms with Gasteiger partial charge in [0.2, 0.25) is 0 Å². The first-order valence-electron chi connectivity index (χ1n) is 7.15. The van der Waals surface area contributed by atoms with Crippen LogP contribution >= 0.6 is 0 Å². The van der Waals surface area contributed by atoms with Crippen LogP contribution in [-0.2, 0) is 0 Å². The van der Waals surface area contributed by atoms with Crippen LogP contribution in [0.2, 0.25) is 0 Å². The number of nitrogens with one attached hydrogen (secondary N) is 1. The maximum Gasteiger partial charge on any atom is 0.258 e. The Morgan fingerprint density at radius 1 is 1.48 bits per heavy atom. The molecule has 2 aromatic heterocycles. The third kappa shape index (κ3) is 3.58. The average Bonchev–Trinajstić information content (AvgIpc) is 2.83. The average molecular weight is 291 g/mol. The summed E-state index contributed by atoms with van der Waals surface area (Å²) in [5.41, 5.74) is 2.33. The van der Waals surface area contributed by atoms with Gasteiger partial charge in [0.25, 0.3) is 11.6 Å². The Morgan fingerprint density at radius 2 is 2.24 bits per heavy atom. The van der Waals surface area contributed by atoms with Gasteiger partial charge in [0.1, 0.15) is 0 Å². The molecule has 0 fully saturated rings. The summed E-state index contributed by atoms with van der Waals surface area (Å²) in [7, 11) is 0. The summed E-state index contributed by atoms with van der Waals surface area (Å²) < 4.78 is 5.12. The third-order valence-electron chi connectivity index (χ3n) is 3.46. The zero-order valence-corrected chi connectivity index (χ0v) is 12.6. The maximum atomic E-state index is 12.3. The van der Waals surface area contributed by atoms with E-state index in [9.17, 15) is 4.79 Å². The van der Waals surface area contributed by atoms with Gasteiger partial charge in [-0.05, 0) is 38.7 Å². The molecule has 114 valence electrons. The van der Waals surface area contributed by atoms with E-state index in [0.717, 1.165) is 18.5 Å². The molecule has 0 aliphatic carbocycles. The van der Waals surface area contributed by atoms with Gasteiger partial charge in [0, 0.05) is 18.8 Å². The first-order chi connectivity index (χ1) is 10.0. The number of amides is 1. The second-order valence-corrected chi connectivity index (χ2v) is 5.45. The standard InChI is InChI=1S/C15H21N3O3/c1-9(8-19)5-4-6-16-14(20)12-7-10(2)17-15-13(12)11(3)18-21-15/h7,9,19H,4-6,8H2,1-3H3,(H,16,20). The molecule has 2 rings (SSSR count). The van der Waals surface area contributed by atoms with Gasteiger partial charge in [0.15, 0.2) is 0 Å². The van der Waals surface area contributed by atoms with Gasteiger partial charge in [-0.2, -0.15) is 0 Å². The molecule has 1 amide bonds. The van der Waals surface area contributed by atoms with Crippen molar-refractivity contribution in [1.82, 2.24) is 15.5 Å². The van der Waals surface area contributed by atoms with E-state index in [4.69, 9.17) is 9.63 Å². The smallest absolute Gasteiger partial charge is 0.258 e. The number of carbonyl (C=O) groups excluding carboxylic acids is 1. The van der Waals surface area contributed by atoms with Gasteiger partial charge in [0.05, 0.1) is 16.6 Å². The number of aromatic nitrogens is 2. The van der Waals surface area contributed by atoms with Gasteiger partial charge in [-0.3, -0.25) is 4.79 Å². The van der Waals surface area contributed by atoms with E-state index in [0.29, 0.717) is 28.9 Å². The van der Waals surface area contributed by atoms with Crippen LogP contribution in [0.5, 0.6) is 0 Å². The van der Waals surface area contributed by atoms with Gasteiger partial charge in [-0.15, -0.1) is 0 Å². The number of hydrogen-bond donors (Lipinski definition) is 2. The van der Waals surface area contributed by atoms with E-state index < -0.39 is 0 Å². The van der Waals surface area contributed by atoms with Crippen molar-refractivity contribution in [3.05, 3.63) is 23.0 Å². The van der Waals surface area contributed by atoms with Gasteiger partial charge < -0.3 is 14.9 Å². The molecule has 0 saturated heterocycles. The summed E-state index contributed by atoms with van der Waals surface area (Å²) in [6.45, 7) is 6.35. The molecule has 6 nitrogen and oxygen atoms in total. The van der Waals surface area contributed by atoms with Crippen molar-refractivity contribution in [2.75, 3.05) is 13.2 Å². The van der Waals surface area contributed by atoms with Gasteiger partial charge in [-0.1, -0.05) is 12.1 Å². The molecule has 0 spiro atoms. The van der Waals surface area contributed by atoms with Crippen molar-refractivity contribution < 1.29 is 14.4 Å². The van der Waals surface area contributed by atoms with Crippen LogP contribution < -0.4 is 5.32 Å². The molecule has 2 N–H and O–H groups in total. The summed E-state index contributed by atoms with van der Waals surface area (Å²) in [5.74, 6) is 0.116. The van der Waals surface area contributed by atoms with Crippen molar-refractivity contribution >= 4 is 17.0 Å². The normalized spacial score (nSPS) is 12.6. The third-order valence-corrected chi connectivity index (χ3v) is 3.46. The fourth-order valence-corrected chi connectivity index (χ4v) is 2.24. The van der Waals surface area contributed by atoms with Crippen LogP contribution in [0.25, 0.3) is 11.1 Å². The van der Waals surface area contributed by atoms with E-state index in [2.05, 4.69) is 15.5 Å². The fraction of sp³-hybridized carbons (Fsp3) is 0.533. The molecule has 2 aromatic rings. The van der Waals surface area contributed by atoms with Crippen molar-refractivity contribution in [1.29, 1.82) is 0 Å². The van der Waals surface area contributed by atoms with Crippen molar-refractivity contribution in [3.63, 3.8) is 0 Å². The van der Waals surface area contributed by atoms with Gasteiger partial charge >= 0.3 is 0 Å². The highest BCUT2D eigenvalue weighted by molar-refractivity contribution is 6.05. The minimum Gasteiger partial charge on any atom is -0.396 e. The Morgan fingerprint density at radius 3 is 2.95 bits per heavy atom. The van der Waals surface area contributed by atoms with E-state index >= 15 is 0 Å². The van der Waals surface area contributed by atoms with Crippen LogP contribution in [0.15, 0.2) is 10.6 Å². The minimum atomic E-state index is -0.145. The topological polar surface area (TPSA) is 88.2 Å². The van der Waals surface area contributed by atoms with E-state index in [-0.39, 0.29) is 18.4 Å². The van der Waals surface area contributed by atoms with Crippen molar-refractivity contribution in [2.45, 2.75) is 33.6 Å². The SMILES string of the molecule is Cc1cc(C(=O)NCCCC(C)CO)c2c(C)noc2n1. The highest BCUT2D eigenvalue weighted by Gasteiger charge is 2.17. The number of pyridine rings is 1. The van der Waals surface area contributed by atoms with E-state index in [1.54, 1.807) is 13.0 Å². The fourth-order valence-electron chi connectivity index (χ4n) is 2.24. The molecular weight excluding hydrogens is 270 g/mol. The minimum absolute atomic E-state index is 0.145. The molecule has 0 radical (unpaired) electrons. The van der Waals surface area contributed by atoms with Crippen LogP contribution in [0, 0.1) is 19.8 Å². The summed E-state index contributed by atoms with van der Waals surface area (Å²) in [5, 5.41) is 16.4. The molecule has 2 heterocycles. The van der Waals surface area contributed by atoms with Crippen molar-refractivity contribution in [2.24, 2.45) is 5.92 Å². The number of carbonyl (C=O) groups is 1. The van der Waals surface area contributed by atoms with Crippen LogP contribution in [-0.4, -0.2) is 34.3 Å². The Hall–Kier alpha value is -1.95. The lowest BCUT2D eigenvalue weighted by Crippen LogP contribution is -2.25.